The molecule has 2 fully saturated rings. The summed E-state index contributed by atoms with van der Waals surface area (Å²) >= 11 is 0. The van der Waals surface area contributed by atoms with Crippen LogP contribution in [0.5, 0.6) is 0 Å². The minimum atomic E-state index is 0. The predicted octanol–water partition coefficient (Wildman–Crippen LogP) is 2.75. The lowest BCUT2D eigenvalue weighted by Gasteiger charge is -2.31. The smallest absolute Gasteiger partial charge is 0.188 e. The van der Waals surface area contributed by atoms with Crippen molar-refractivity contribution >= 4 is 29.9 Å². The maximum absolute atomic E-state index is 6.07. The van der Waals surface area contributed by atoms with Crippen molar-refractivity contribution in [3.63, 3.8) is 0 Å². The molecule has 0 aliphatic carbocycles. The Bertz CT molecular complexity index is 380. The number of likely N-dealkylation sites (N-methyl/N-ethyl adjacent to an activating group) is 1. The molecule has 25 heavy (non-hydrogen) atoms. The van der Waals surface area contributed by atoms with Crippen molar-refractivity contribution in [1.29, 1.82) is 0 Å². The molecule has 6 heteroatoms. The van der Waals surface area contributed by atoms with E-state index in [1.165, 1.54) is 58.3 Å². The molecule has 3 N–H and O–H groups in total. The molecule has 0 spiro atoms. The third-order valence-corrected chi connectivity index (χ3v) is 5.67. The van der Waals surface area contributed by atoms with E-state index in [4.69, 9.17) is 5.73 Å². The number of hydrogen-bond acceptors (Lipinski definition) is 3. The number of aliphatic imine (C=N–C) groups is 1. The summed E-state index contributed by atoms with van der Waals surface area (Å²) in [6.07, 6.45) is 6.44. The summed E-state index contributed by atoms with van der Waals surface area (Å²) in [5.74, 6) is 2.15. The van der Waals surface area contributed by atoms with Gasteiger partial charge in [0.25, 0.3) is 0 Å². The van der Waals surface area contributed by atoms with Gasteiger partial charge in [0.2, 0.25) is 0 Å². The van der Waals surface area contributed by atoms with Crippen LogP contribution in [-0.4, -0.2) is 67.6 Å². The maximum Gasteiger partial charge on any atom is 0.188 e. The van der Waals surface area contributed by atoms with Crippen molar-refractivity contribution in [2.75, 3.05) is 45.8 Å². The Kier molecular flexibility index (Phi) is 11.3. The van der Waals surface area contributed by atoms with Crippen LogP contribution in [0.2, 0.25) is 0 Å². The van der Waals surface area contributed by atoms with Crippen molar-refractivity contribution in [3.8, 4) is 0 Å². The van der Waals surface area contributed by atoms with Crippen LogP contribution in [0.4, 0.5) is 0 Å². The summed E-state index contributed by atoms with van der Waals surface area (Å²) in [6.45, 7) is 14.8. The van der Waals surface area contributed by atoms with Crippen LogP contribution >= 0.6 is 24.0 Å². The van der Waals surface area contributed by atoms with Crippen LogP contribution in [0.25, 0.3) is 0 Å². The van der Waals surface area contributed by atoms with Gasteiger partial charge in [0.1, 0.15) is 0 Å². The highest BCUT2D eigenvalue weighted by Crippen LogP contribution is 2.18. The maximum atomic E-state index is 6.07. The molecule has 0 aromatic rings. The minimum Gasteiger partial charge on any atom is -0.370 e. The average Bonchev–Trinajstić information content (AvgIpc) is 3.04. The first-order valence-corrected chi connectivity index (χ1v) is 10.1. The van der Waals surface area contributed by atoms with Gasteiger partial charge in [0, 0.05) is 19.1 Å². The Morgan fingerprint density at radius 3 is 2.56 bits per heavy atom. The van der Waals surface area contributed by atoms with Gasteiger partial charge in [-0.1, -0.05) is 20.8 Å². The third-order valence-electron chi connectivity index (χ3n) is 5.67. The number of halogens is 1. The number of nitrogens with zero attached hydrogens (tertiary/aromatic N) is 3. The van der Waals surface area contributed by atoms with Gasteiger partial charge in [-0.15, -0.1) is 24.0 Å². The average molecular weight is 465 g/mol. The first kappa shape index (κ1) is 23.0. The summed E-state index contributed by atoms with van der Waals surface area (Å²) < 4.78 is 0. The third kappa shape index (κ3) is 8.43. The van der Waals surface area contributed by atoms with E-state index in [0.717, 1.165) is 25.6 Å². The number of piperidine rings is 1. The molecular weight excluding hydrogens is 425 g/mol. The van der Waals surface area contributed by atoms with Crippen molar-refractivity contribution in [1.82, 2.24) is 15.1 Å². The molecule has 0 aromatic carbocycles. The van der Waals surface area contributed by atoms with E-state index < -0.39 is 0 Å². The monoisotopic (exact) mass is 465 g/mol. The molecule has 1 unspecified atom stereocenters. The van der Waals surface area contributed by atoms with Gasteiger partial charge in [-0.2, -0.15) is 0 Å². The SMILES string of the molecule is CCN1CCCC1CNC(N)=NCC1CCN(CCC(C)C)CC1.I. The van der Waals surface area contributed by atoms with Gasteiger partial charge < -0.3 is 16.0 Å². The molecule has 0 aromatic heterocycles. The lowest BCUT2D eigenvalue weighted by atomic mass is 9.96. The fraction of sp³-hybridized carbons (Fsp3) is 0.947. The van der Waals surface area contributed by atoms with Crippen molar-refractivity contribution in [2.45, 2.75) is 58.9 Å². The van der Waals surface area contributed by atoms with Crippen LogP contribution in [0.1, 0.15) is 52.9 Å². The molecule has 1 atom stereocenters. The number of rotatable bonds is 8. The quantitative estimate of drug-likeness (QED) is 0.329. The summed E-state index contributed by atoms with van der Waals surface area (Å²) in [6, 6.07) is 0.632. The second-order valence-corrected chi connectivity index (χ2v) is 8.00. The topological polar surface area (TPSA) is 56.9 Å². The summed E-state index contributed by atoms with van der Waals surface area (Å²) in [5.41, 5.74) is 6.07. The van der Waals surface area contributed by atoms with E-state index in [1.54, 1.807) is 0 Å². The lowest BCUT2D eigenvalue weighted by Crippen LogP contribution is -2.43. The van der Waals surface area contributed by atoms with Gasteiger partial charge in [0.15, 0.2) is 5.96 Å². The van der Waals surface area contributed by atoms with E-state index in [0.29, 0.717) is 17.9 Å². The van der Waals surface area contributed by atoms with Crippen LogP contribution < -0.4 is 11.1 Å². The van der Waals surface area contributed by atoms with Crippen molar-refractivity contribution in [2.24, 2.45) is 22.6 Å². The normalized spacial score (nSPS) is 23.8. The highest BCUT2D eigenvalue weighted by Gasteiger charge is 2.23. The fourth-order valence-electron chi connectivity index (χ4n) is 3.88. The highest BCUT2D eigenvalue weighted by atomic mass is 127. The van der Waals surface area contributed by atoms with Gasteiger partial charge in [-0.05, 0) is 76.7 Å². The Morgan fingerprint density at radius 2 is 1.92 bits per heavy atom. The Hall–Kier alpha value is -0.0800. The molecular formula is C19H40IN5. The second kappa shape index (κ2) is 12.3. The Labute approximate surface area is 172 Å². The molecule has 0 radical (unpaired) electrons. The summed E-state index contributed by atoms with van der Waals surface area (Å²) in [5, 5.41) is 3.35. The van der Waals surface area contributed by atoms with Gasteiger partial charge in [0.05, 0.1) is 0 Å². The molecule has 148 valence electrons. The van der Waals surface area contributed by atoms with E-state index in [-0.39, 0.29) is 24.0 Å². The zero-order chi connectivity index (χ0) is 17.4. The molecule has 0 bridgehead atoms. The fourth-order valence-corrected chi connectivity index (χ4v) is 3.88. The molecule has 2 aliphatic heterocycles. The zero-order valence-corrected chi connectivity index (χ0v) is 18.9. The van der Waals surface area contributed by atoms with Crippen LogP contribution in [0.15, 0.2) is 4.99 Å². The largest absolute Gasteiger partial charge is 0.370 e. The molecule has 5 nitrogen and oxygen atoms in total. The molecule has 0 amide bonds. The van der Waals surface area contributed by atoms with Gasteiger partial charge in [-0.3, -0.25) is 9.89 Å². The number of likely N-dealkylation sites (tertiary alicyclic amines) is 2. The van der Waals surface area contributed by atoms with Crippen LogP contribution in [0.3, 0.4) is 0 Å². The van der Waals surface area contributed by atoms with E-state index >= 15 is 0 Å². The lowest BCUT2D eigenvalue weighted by molar-refractivity contribution is 0.180. The molecule has 2 aliphatic rings. The standard InChI is InChI=1S/C19H39N5.HI/c1-4-24-10-5-6-18(24)15-22-19(20)21-14-17-8-12-23(13-9-17)11-7-16(2)3;/h16-18H,4-15H2,1-3H3,(H3,20,21,22);1H. The first-order chi connectivity index (χ1) is 11.6. The van der Waals surface area contributed by atoms with Crippen molar-refractivity contribution < 1.29 is 0 Å². The Balaban J connectivity index is 0.00000312. The number of guanidine groups is 1. The summed E-state index contributed by atoms with van der Waals surface area (Å²) in [7, 11) is 0. The molecule has 2 rings (SSSR count). The first-order valence-electron chi connectivity index (χ1n) is 10.1. The van der Waals surface area contributed by atoms with Gasteiger partial charge in [-0.25, -0.2) is 0 Å². The minimum absolute atomic E-state index is 0. The highest BCUT2D eigenvalue weighted by molar-refractivity contribution is 14.0. The number of nitrogens with one attached hydrogen (secondary N) is 1. The van der Waals surface area contributed by atoms with E-state index in [1.807, 2.05) is 0 Å². The van der Waals surface area contributed by atoms with Crippen molar-refractivity contribution in [3.05, 3.63) is 0 Å². The second-order valence-electron chi connectivity index (χ2n) is 8.00. The molecule has 0 saturated carbocycles. The van der Waals surface area contributed by atoms with E-state index in [9.17, 15) is 0 Å². The van der Waals surface area contributed by atoms with E-state index in [2.05, 4.69) is 40.9 Å². The van der Waals surface area contributed by atoms with Crippen LogP contribution in [0, 0.1) is 11.8 Å². The number of nitrogens with two attached hydrogens (primary N) is 1. The van der Waals surface area contributed by atoms with Crippen LogP contribution in [-0.2, 0) is 0 Å². The number of hydrogen-bond donors (Lipinski definition) is 2. The molecule has 2 saturated heterocycles. The predicted molar refractivity (Wildman–Crippen MR) is 119 cm³/mol. The Morgan fingerprint density at radius 1 is 1.20 bits per heavy atom. The van der Waals surface area contributed by atoms with Gasteiger partial charge >= 0.3 is 0 Å². The summed E-state index contributed by atoms with van der Waals surface area (Å²) in [4.78, 5) is 9.75. The zero-order valence-electron chi connectivity index (χ0n) is 16.5. The molecule has 2 heterocycles.